The average molecular weight is 359 g/mol. The Kier molecular flexibility index (Phi) is 4.63. The minimum Gasteiger partial charge on any atom is -0.497 e. The number of carbonyl (C=O) groups is 1. The molecule has 2 heterocycles. The number of Topliss-reactive ketones (excluding diaryl/α,β-unsaturated/α-hetero) is 1. The van der Waals surface area contributed by atoms with Crippen molar-refractivity contribution in [3.05, 3.63) is 56.2 Å². The quantitative estimate of drug-likeness (QED) is 0.769. The lowest BCUT2D eigenvalue weighted by Crippen LogP contribution is -2.38. The maximum Gasteiger partial charge on any atom is 0.332 e. The Morgan fingerprint density at radius 3 is 2.52 bits per heavy atom. The second-order valence-corrected chi connectivity index (χ2v) is 6.68. The molecule has 1 aliphatic heterocycles. The lowest BCUT2D eigenvalue weighted by Gasteiger charge is -2.05. The van der Waals surface area contributed by atoms with Crippen molar-refractivity contribution in [3.63, 3.8) is 0 Å². The Labute approximate surface area is 148 Å². The van der Waals surface area contributed by atoms with E-state index in [1.165, 1.54) is 23.4 Å². The van der Waals surface area contributed by atoms with Gasteiger partial charge in [-0.05, 0) is 24.3 Å². The van der Waals surface area contributed by atoms with Crippen LogP contribution in [0.4, 0.5) is 5.82 Å². The Hall–Kier alpha value is -2.61. The fourth-order valence-corrected chi connectivity index (χ4v) is 3.46. The number of thioether (sulfide) groups is 1. The van der Waals surface area contributed by atoms with E-state index in [4.69, 9.17) is 4.74 Å². The van der Waals surface area contributed by atoms with Gasteiger partial charge in [0.05, 0.1) is 23.5 Å². The van der Waals surface area contributed by atoms with Gasteiger partial charge in [0.1, 0.15) is 11.6 Å². The van der Waals surface area contributed by atoms with Crippen LogP contribution in [0, 0.1) is 0 Å². The van der Waals surface area contributed by atoms with Crippen LogP contribution in [-0.4, -0.2) is 32.8 Å². The van der Waals surface area contributed by atoms with Crippen LogP contribution in [0.1, 0.15) is 15.9 Å². The van der Waals surface area contributed by atoms with Gasteiger partial charge in [-0.3, -0.25) is 18.7 Å². The number of methoxy groups -OCH3 is 1. The number of carbonyl (C=O) groups excluding carboxylic acids is 1. The van der Waals surface area contributed by atoms with Crippen molar-refractivity contribution in [2.75, 3.05) is 12.9 Å². The number of nitrogens with zero attached hydrogens (tertiary/aromatic N) is 3. The van der Waals surface area contributed by atoms with E-state index in [0.29, 0.717) is 34.2 Å². The first-order valence-electron chi connectivity index (χ1n) is 7.59. The first-order valence-corrected chi connectivity index (χ1v) is 8.57. The summed E-state index contributed by atoms with van der Waals surface area (Å²) in [5, 5.41) is 0.662. The third kappa shape index (κ3) is 3.17. The SMILES string of the molecule is COc1ccc(C(=O)CSC2=Nc3c(c(=O)n(C)c(=O)n3C)C2)cc1. The minimum absolute atomic E-state index is 0.0342. The third-order valence-corrected chi connectivity index (χ3v) is 5.04. The number of ketones is 1. The number of hydrogen-bond donors (Lipinski definition) is 0. The molecule has 0 bridgehead atoms. The Morgan fingerprint density at radius 2 is 1.88 bits per heavy atom. The van der Waals surface area contributed by atoms with Crippen LogP contribution in [0.2, 0.25) is 0 Å². The number of hydrogen-bond acceptors (Lipinski definition) is 6. The molecule has 0 unspecified atom stereocenters. The number of aliphatic imine (C=N–C) groups is 1. The van der Waals surface area contributed by atoms with Gasteiger partial charge in [0, 0.05) is 26.1 Å². The average Bonchev–Trinajstić information content (AvgIpc) is 3.07. The van der Waals surface area contributed by atoms with Crippen molar-refractivity contribution in [3.8, 4) is 5.75 Å². The van der Waals surface area contributed by atoms with Gasteiger partial charge in [-0.15, -0.1) is 11.8 Å². The summed E-state index contributed by atoms with van der Waals surface area (Å²) in [5.74, 6) is 1.25. The van der Waals surface area contributed by atoms with Gasteiger partial charge in [-0.1, -0.05) is 0 Å². The first-order chi connectivity index (χ1) is 11.9. The highest BCUT2D eigenvalue weighted by Gasteiger charge is 2.23. The second-order valence-electron chi connectivity index (χ2n) is 5.63. The third-order valence-electron chi connectivity index (χ3n) is 4.06. The van der Waals surface area contributed by atoms with Crippen molar-refractivity contribution in [2.24, 2.45) is 19.1 Å². The van der Waals surface area contributed by atoms with Crippen LogP contribution in [0.3, 0.4) is 0 Å². The van der Waals surface area contributed by atoms with Crippen LogP contribution in [-0.2, 0) is 20.5 Å². The number of aromatic nitrogens is 2. The molecule has 25 heavy (non-hydrogen) atoms. The van der Waals surface area contributed by atoms with E-state index < -0.39 is 5.69 Å². The molecule has 0 atom stereocenters. The van der Waals surface area contributed by atoms with E-state index in [2.05, 4.69) is 4.99 Å². The van der Waals surface area contributed by atoms with Crippen molar-refractivity contribution in [1.82, 2.24) is 9.13 Å². The van der Waals surface area contributed by atoms with E-state index in [1.807, 2.05) is 0 Å². The van der Waals surface area contributed by atoms with Crippen molar-refractivity contribution < 1.29 is 9.53 Å². The molecule has 0 amide bonds. The number of rotatable bonds is 4. The van der Waals surface area contributed by atoms with Gasteiger partial charge in [-0.2, -0.15) is 0 Å². The van der Waals surface area contributed by atoms with Crippen LogP contribution in [0.15, 0.2) is 38.8 Å². The largest absolute Gasteiger partial charge is 0.497 e. The molecule has 0 N–H and O–H groups in total. The predicted octanol–water partition coefficient (Wildman–Crippen LogP) is 1.29. The first kappa shape index (κ1) is 17.2. The van der Waals surface area contributed by atoms with E-state index in [9.17, 15) is 14.4 Å². The summed E-state index contributed by atoms with van der Waals surface area (Å²) in [5.41, 5.74) is 0.337. The second kappa shape index (κ2) is 6.72. The molecular weight excluding hydrogens is 342 g/mol. The summed E-state index contributed by atoms with van der Waals surface area (Å²) in [4.78, 5) is 40.8. The molecule has 0 saturated heterocycles. The lowest BCUT2D eigenvalue weighted by molar-refractivity contribution is 0.102. The molecule has 3 rings (SSSR count). The van der Waals surface area contributed by atoms with Crippen molar-refractivity contribution in [2.45, 2.75) is 6.42 Å². The molecule has 7 nitrogen and oxygen atoms in total. The monoisotopic (exact) mass is 359 g/mol. The maximum atomic E-state index is 12.3. The molecule has 1 aromatic heterocycles. The van der Waals surface area contributed by atoms with Crippen molar-refractivity contribution in [1.29, 1.82) is 0 Å². The van der Waals surface area contributed by atoms with Crippen molar-refractivity contribution >= 4 is 28.4 Å². The number of fused-ring (bicyclic) bond motifs is 1. The number of ether oxygens (including phenoxy) is 1. The van der Waals surface area contributed by atoms with E-state index in [-0.39, 0.29) is 17.1 Å². The molecule has 0 fully saturated rings. The Morgan fingerprint density at radius 1 is 1.20 bits per heavy atom. The molecule has 1 aromatic carbocycles. The van der Waals surface area contributed by atoms with Crippen LogP contribution in [0.5, 0.6) is 5.75 Å². The molecule has 1 aliphatic rings. The van der Waals surface area contributed by atoms with E-state index in [0.717, 1.165) is 4.57 Å². The molecule has 0 radical (unpaired) electrons. The lowest BCUT2D eigenvalue weighted by atomic mass is 10.1. The summed E-state index contributed by atoms with van der Waals surface area (Å²) >= 11 is 1.29. The van der Waals surface area contributed by atoms with E-state index >= 15 is 0 Å². The topological polar surface area (TPSA) is 82.7 Å². The normalized spacial score (nSPS) is 12.7. The summed E-state index contributed by atoms with van der Waals surface area (Å²) in [7, 11) is 4.60. The van der Waals surface area contributed by atoms with Gasteiger partial charge in [0.2, 0.25) is 0 Å². The zero-order valence-electron chi connectivity index (χ0n) is 14.1. The zero-order valence-corrected chi connectivity index (χ0v) is 14.9. The zero-order chi connectivity index (χ0) is 18.1. The fraction of sp³-hybridized carbons (Fsp3) is 0.294. The molecule has 0 saturated carbocycles. The summed E-state index contributed by atoms with van der Waals surface area (Å²) < 4.78 is 7.50. The van der Waals surface area contributed by atoms with Crippen LogP contribution in [0.25, 0.3) is 0 Å². The number of benzene rings is 1. The summed E-state index contributed by atoms with van der Waals surface area (Å²) in [6.45, 7) is 0. The highest BCUT2D eigenvalue weighted by atomic mass is 32.2. The van der Waals surface area contributed by atoms with Gasteiger partial charge in [0.15, 0.2) is 5.78 Å². The smallest absolute Gasteiger partial charge is 0.332 e. The van der Waals surface area contributed by atoms with E-state index in [1.54, 1.807) is 38.4 Å². The van der Waals surface area contributed by atoms with Gasteiger partial charge < -0.3 is 4.74 Å². The van der Waals surface area contributed by atoms with Gasteiger partial charge >= 0.3 is 5.69 Å². The molecule has 0 aliphatic carbocycles. The highest BCUT2D eigenvalue weighted by Crippen LogP contribution is 2.26. The van der Waals surface area contributed by atoms with Gasteiger partial charge in [-0.25, -0.2) is 9.79 Å². The highest BCUT2D eigenvalue weighted by molar-refractivity contribution is 8.14. The molecule has 2 aromatic rings. The Bertz CT molecular complexity index is 987. The van der Waals surface area contributed by atoms with Crippen LogP contribution >= 0.6 is 11.8 Å². The van der Waals surface area contributed by atoms with Crippen LogP contribution < -0.4 is 16.0 Å². The summed E-state index contributed by atoms with van der Waals surface area (Å²) in [6.07, 6.45) is 0.344. The Balaban J connectivity index is 1.73. The minimum atomic E-state index is -0.409. The maximum absolute atomic E-state index is 12.3. The summed E-state index contributed by atoms with van der Waals surface area (Å²) in [6, 6.07) is 6.90. The molecular formula is C17H17N3O4S. The molecule has 0 spiro atoms. The fourth-order valence-electron chi connectivity index (χ4n) is 2.60. The van der Waals surface area contributed by atoms with Gasteiger partial charge in [0.25, 0.3) is 5.56 Å². The molecule has 130 valence electrons. The molecule has 8 heteroatoms. The predicted molar refractivity (Wildman–Crippen MR) is 97.5 cm³/mol. The standard InChI is InChI=1S/C17H17N3O4S/c1-19-15-12(16(22)20(2)17(19)23)8-14(18-15)25-9-13(21)10-4-6-11(24-3)7-5-10/h4-7H,8-9H2,1-3H3.